The molecule has 190 valence electrons. The maximum atomic E-state index is 13.7. The number of fused-ring (bicyclic) bond motifs is 1. The summed E-state index contributed by atoms with van der Waals surface area (Å²) in [6.07, 6.45) is 2.53. The van der Waals surface area contributed by atoms with Crippen LogP contribution in [-0.2, 0) is 20.7 Å². The highest BCUT2D eigenvalue weighted by atomic mass is 32.2. The average Bonchev–Trinajstić information content (AvgIpc) is 2.89. The molecule has 1 aliphatic heterocycles. The lowest BCUT2D eigenvalue weighted by molar-refractivity contribution is -0.137. The van der Waals surface area contributed by atoms with E-state index in [1.54, 1.807) is 37.3 Å². The van der Waals surface area contributed by atoms with E-state index in [0.717, 1.165) is 10.5 Å². The first kappa shape index (κ1) is 25.9. The lowest BCUT2D eigenvalue weighted by atomic mass is 10.1. The Morgan fingerprint density at radius 2 is 2.06 bits per heavy atom. The third kappa shape index (κ3) is 6.73. The van der Waals surface area contributed by atoms with Gasteiger partial charge in [0.25, 0.3) is 0 Å². The SMILES string of the molecule is COc1cc(CCC(C)=O)ccc1OCC1CN(C(=O)CSc2ccnc3ccc(F)cc23)CCO1. The molecular formula is C27H29FN2O5S. The van der Waals surface area contributed by atoms with Crippen molar-refractivity contribution < 1.29 is 28.2 Å². The van der Waals surface area contributed by atoms with Crippen molar-refractivity contribution in [2.45, 2.75) is 30.8 Å². The number of thioether (sulfide) groups is 1. The minimum atomic E-state index is -0.331. The normalized spacial score (nSPS) is 15.6. The Hall–Kier alpha value is -3.17. The molecule has 2 aromatic carbocycles. The summed E-state index contributed by atoms with van der Waals surface area (Å²) in [4.78, 5) is 31.0. The molecule has 1 atom stereocenters. The number of Topliss-reactive ketones (excluding diaryl/α,β-unsaturated/α-hetero) is 1. The Morgan fingerprint density at radius 3 is 2.86 bits per heavy atom. The van der Waals surface area contributed by atoms with Crippen LogP contribution in [0.15, 0.2) is 53.6 Å². The molecule has 0 radical (unpaired) electrons. The van der Waals surface area contributed by atoms with Crippen LogP contribution in [0.2, 0.25) is 0 Å². The summed E-state index contributed by atoms with van der Waals surface area (Å²) in [7, 11) is 1.58. The number of halogens is 1. The van der Waals surface area contributed by atoms with Crippen LogP contribution in [0.3, 0.4) is 0 Å². The Balaban J connectivity index is 1.31. The Labute approximate surface area is 213 Å². The molecule has 3 aromatic rings. The number of amides is 1. The fraction of sp³-hybridized carbons (Fsp3) is 0.370. The van der Waals surface area contributed by atoms with Gasteiger partial charge in [-0.25, -0.2) is 4.39 Å². The second-order valence-electron chi connectivity index (χ2n) is 8.59. The standard InChI is InChI=1S/C27H29FN2O5S/c1-18(31)3-4-19-5-8-24(25(13-19)33-2)35-16-21-15-30(11-12-34-21)27(32)17-36-26-9-10-29-23-7-6-20(28)14-22(23)26/h5-10,13-14,21H,3-4,11-12,15-17H2,1-2H3. The largest absolute Gasteiger partial charge is 0.493 e. The van der Waals surface area contributed by atoms with Gasteiger partial charge in [0.05, 0.1) is 31.5 Å². The number of aryl methyl sites for hydroxylation is 1. The average molecular weight is 513 g/mol. The summed E-state index contributed by atoms with van der Waals surface area (Å²) in [5, 5.41) is 0.699. The molecule has 36 heavy (non-hydrogen) atoms. The number of hydrogen-bond acceptors (Lipinski definition) is 7. The molecule has 1 aliphatic rings. The highest BCUT2D eigenvalue weighted by Crippen LogP contribution is 2.30. The first-order chi connectivity index (χ1) is 17.4. The summed E-state index contributed by atoms with van der Waals surface area (Å²) in [5.74, 6) is 1.22. The molecule has 9 heteroatoms. The van der Waals surface area contributed by atoms with Gasteiger partial charge in [-0.05, 0) is 55.3 Å². The second kappa shape index (κ2) is 12.2. The minimum Gasteiger partial charge on any atom is -0.493 e. The molecule has 1 saturated heterocycles. The van der Waals surface area contributed by atoms with Crippen LogP contribution in [0, 0.1) is 5.82 Å². The molecule has 0 saturated carbocycles. The van der Waals surface area contributed by atoms with E-state index in [4.69, 9.17) is 14.2 Å². The number of morpholine rings is 1. The number of methoxy groups -OCH3 is 1. The molecule has 0 aliphatic carbocycles. The van der Waals surface area contributed by atoms with Gasteiger partial charge in [-0.2, -0.15) is 0 Å². The Morgan fingerprint density at radius 1 is 1.19 bits per heavy atom. The van der Waals surface area contributed by atoms with Crippen molar-refractivity contribution in [2.75, 3.05) is 39.2 Å². The lowest BCUT2D eigenvalue weighted by Crippen LogP contribution is -2.48. The third-order valence-corrected chi connectivity index (χ3v) is 6.98. The van der Waals surface area contributed by atoms with Crippen molar-refractivity contribution in [3.8, 4) is 11.5 Å². The Kier molecular flexibility index (Phi) is 8.77. The van der Waals surface area contributed by atoms with E-state index in [9.17, 15) is 14.0 Å². The van der Waals surface area contributed by atoms with Crippen LogP contribution in [0.25, 0.3) is 10.9 Å². The fourth-order valence-electron chi connectivity index (χ4n) is 3.99. The molecular weight excluding hydrogens is 483 g/mol. The third-order valence-electron chi connectivity index (χ3n) is 5.92. The summed E-state index contributed by atoms with van der Waals surface area (Å²) < 4.78 is 31.0. The van der Waals surface area contributed by atoms with Gasteiger partial charge in [0.1, 0.15) is 24.3 Å². The number of ketones is 1. The zero-order valence-corrected chi connectivity index (χ0v) is 21.2. The van der Waals surface area contributed by atoms with E-state index in [2.05, 4.69) is 4.98 Å². The summed E-state index contributed by atoms with van der Waals surface area (Å²) >= 11 is 1.38. The molecule has 4 rings (SSSR count). The van der Waals surface area contributed by atoms with Crippen LogP contribution < -0.4 is 9.47 Å². The second-order valence-corrected chi connectivity index (χ2v) is 9.61. The fourth-order valence-corrected chi connectivity index (χ4v) is 4.92. The van der Waals surface area contributed by atoms with E-state index in [1.165, 1.54) is 23.9 Å². The summed E-state index contributed by atoms with van der Waals surface area (Å²) in [6, 6.07) is 11.9. The number of rotatable bonds is 10. The van der Waals surface area contributed by atoms with Gasteiger partial charge in [-0.15, -0.1) is 11.8 Å². The number of pyridine rings is 1. The van der Waals surface area contributed by atoms with E-state index >= 15 is 0 Å². The van der Waals surface area contributed by atoms with Crippen molar-refractivity contribution in [3.05, 3.63) is 60.0 Å². The van der Waals surface area contributed by atoms with Gasteiger partial charge in [-0.3, -0.25) is 9.78 Å². The van der Waals surface area contributed by atoms with Gasteiger partial charge in [0.2, 0.25) is 5.91 Å². The van der Waals surface area contributed by atoms with Crippen molar-refractivity contribution in [1.29, 1.82) is 0 Å². The molecule has 7 nitrogen and oxygen atoms in total. The zero-order chi connectivity index (χ0) is 25.5. The van der Waals surface area contributed by atoms with E-state index in [0.29, 0.717) is 54.9 Å². The first-order valence-electron chi connectivity index (χ1n) is 11.8. The summed E-state index contributed by atoms with van der Waals surface area (Å²) in [6.45, 7) is 3.21. The van der Waals surface area contributed by atoms with Crippen LogP contribution in [0.1, 0.15) is 18.9 Å². The topological polar surface area (TPSA) is 78.0 Å². The highest BCUT2D eigenvalue weighted by molar-refractivity contribution is 8.00. The number of benzene rings is 2. The number of hydrogen-bond donors (Lipinski definition) is 0. The van der Waals surface area contributed by atoms with Crippen molar-refractivity contribution >= 4 is 34.4 Å². The quantitative estimate of drug-likeness (QED) is 0.375. The van der Waals surface area contributed by atoms with Crippen LogP contribution in [0.5, 0.6) is 11.5 Å². The molecule has 1 amide bonds. The van der Waals surface area contributed by atoms with Crippen molar-refractivity contribution in [1.82, 2.24) is 9.88 Å². The van der Waals surface area contributed by atoms with Gasteiger partial charge in [-0.1, -0.05) is 6.07 Å². The summed E-state index contributed by atoms with van der Waals surface area (Å²) in [5.41, 5.74) is 1.70. The Bertz CT molecular complexity index is 1240. The monoisotopic (exact) mass is 512 g/mol. The number of carbonyl (C=O) groups excluding carboxylic acids is 2. The maximum Gasteiger partial charge on any atom is 0.233 e. The number of ether oxygens (including phenoxy) is 3. The van der Waals surface area contributed by atoms with Gasteiger partial charge in [0.15, 0.2) is 11.5 Å². The van der Waals surface area contributed by atoms with Crippen molar-refractivity contribution in [2.24, 2.45) is 0 Å². The molecule has 1 aromatic heterocycles. The van der Waals surface area contributed by atoms with E-state index < -0.39 is 0 Å². The maximum absolute atomic E-state index is 13.7. The highest BCUT2D eigenvalue weighted by Gasteiger charge is 2.25. The predicted molar refractivity (Wildman–Crippen MR) is 136 cm³/mol. The lowest BCUT2D eigenvalue weighted by Gasteiger charge is -2.33. The number of aromatic nitrogens is 1. The first-order valence-corrected chi connectivity index (χ1v) is 12.8. The predicted octanol–water partition coefficient (Wildman–Crippen LogP) is 4.30. The van der Waals surface area contributed by atoms with Crippen LogP contribution in [0.4, 0.5) is 4.39 Å². The van der Waals surface area contributed by atoms with Crippen molar-refractivity contribution in [3.63, 3.8) is 0 Å². The van der Waals surface area contributed by atoms with Gasteiger partial charge in [0, 0.05) is 29.4 Å². The van der Waals surface area contributed by atoms with Crippen LogP contribution >= 0.6 is 11.8 Å². The smallest absolute Gasteiger partial charge is 0.233 e. The molecule has 0 bridgehead atoms. The minimum absolute atomic E-state index is 0.0120. The van der Waals surface area contributed by atoms with E-state index in [1.807, 2.05) is 18.2 Å². The van der Waals surface area contributed by atoms with E-state index in [-0.39, 0.29) is 36.0 Å². The zero-order valence-electron chi connectivity index (χ0n) is 20.4. The molecule has 1 fully saturated rings. The molecule has 0 spiro atoms. The van der Waals surface area contributed by atoms with Gasteiger partial charge >= 0.3 is 0 Å². The number of carbonyl (C=O) groups is 2. The van der Waals surface area contributed by atoms with Gasteiger partial charge < -0.3 is 23.9 Å². The van der Waals surface area contributed by atoms with Crippen LogP contribution in [-0.4, -0.2) is 66.8 Å². The molecule has 2 heterocycles. The number of nitrogens with zero attached hydrogens (tertiary/aromatic N) is 2. The molecule has 1 unspecified atom stereocenters. The molecule has 0 N–H and O–H groups in total.